The van der Waals surface area contributed by atoms with Gasteiger partial charge in [0.2, 0.25) is 0 Å². The van der Waals surface area contributed by atoms with E-state index in [1.54, 1.807) is 48.5 Å². The molecule has 1 amide bonds. The summed E-state index contributed by atoms with van der Waals surface area (Å²) >= 11 is 17.8. The van der Waals surface area contributed by atoms with Crippen LogP contribution in [0.5, 0.6) is 0 Å². The smallest absolute Gasteiger partial charge is 0.267 e. The van der Waals surface area contributed by atoms with Crippen molar-refractivity contribution in [2.24, 2.45) is 5.73 Å². The predicted octanol–water partition coefficient (Wildman–Crippen LogP) is 4.60. The standard InChI is InChI=1S/C16H10Cl3N3O/c17-10-2-4-11(5-3-10)22-15(16(20)23)8-14(21-22)9-1-6-12(18)13(19)7-9/h1-8H,(H2,20,23). The van der Waals surface area contributed by atoms with Gasteiger partial charge in [-0.25, -0.2) is 4.68 Å². The zero-order valence-corrected chi connectivity index (χ0v) is 13.9. The van der Waals surface area contributed by atoms with Crippen LogP contribution in [0.3, 0.4) is 0 Å². The first-order valence-electron chi connectivity index (χ1n) is 6.57. The monoisotopic (exact) mass is 365 g/mol. The fourth-order valence-electron chi connectivity index (χ4n) is 2.13. The van der Waals surface area contributed by atoms with Crippen molar-refractivity contribution in [3.8, 4) is 16.9 Å². The molecule has 1 heterocycles. The van der Waals surface area contributed by atoms with Crippen molar-refractivity contribution in [1.29, 1.82) is 0 Å². The van der Waals surface area contributed by atoms with Gasteiger partial charge in [0.25, 0.3) is 5.91 Å². The van der Waals surface area contributed by atoms with Gasteiger partial charge in [0.05, 0.1) is 21.4 Å². The fourth-order valence-corrected chi connectivity index (χ4v) is 2.56. The maximum Gasteiger partial charge on any atom is 0.267 e. The highest BCUT2D eigenvalue weighted by Crippen LogP contribution is 2.29. The summed E-state index contributed by atoms with van der Waals surface area (Å²) in [6.07, 6.45) is 0. The first-order chi connectivity index (χ1) is 11.0. The second-order valence-electron chi connectivity index (χ2n) is 4.80. The first-order valence-corrected chi connectivity index (χ1v) is 7.70. The van der Waals surface area contributed by atoms with Gasteiger partial charge in [0.1, 0.15) is 5.69 Å². The number of amides is 1. The lowest BCUT2D eigenvalue weighted by Crippen LogP contribution is -2.16. The molecule has 0 saturated heterocycles. The van der Waals surface area contributed by atoms with E-state index in [0.717, 1.165) is 5.56 Å². The molecule has 23 heavy (non-hydrogen) atoms. The van der Waals surface area contributed by atoms with Gasteiger partial charge in [0, 0.05) is 10.6 Å². The van der Waals surface area contributed by atoms with Crippen molar-refractivity contribution in [3.63, 3.8) is 0 Å². The highest BCUT2D eigenvalue weighted by atomic mass is 35.5. The number of halogens is 3. The van der Waals surface area contributed by atoms with Crippen LogP contribution < -0.4 is 5.73 Å². The average Bonchev–Trinajstić information content (AvgIpc) is 2.96. The van der Waals surface area contributed by atoms with Gasteiger partial charge < -0.3 is 5.73 Å². The zero-order valence-electron chi connectivity index (χ0n) is 11.6. The van der Waals surface area contributed by atoms with Crippen LogP contribution in [0, 0.1) is 0 Å². The maximum absolute atomic E-state index is 11.7. The van der Waals surface area contributed by atoms with Gasteiger partial charge >= 0.3 is 0 Å². The molecule has 116 valence electrons. The van der Waals surface area contributed by atoms with E-state index in [4.69, 9.17) is 40.5 Å². The van der Waals surface area contributed by atoms with Crippen LogP contribution in [-0.4, -0.2) is 15.7 Å². The molecule has 3 aromatic rings. The number of nitrogens with zero attached hydrogens (tertiary/aromatic N) is 2. The normalized spacial score (nSPS) is 10.7. The summed E-state index contributed by atoms with van der Waals surface area (Å²) in [6, 6.07) is 13.7. The Morgan fingerprint density at radius 1 is 0.957 bits per heavy atom. The molecule has 0 unspecified atom stereocenters. The second-order valence-corrected chi connectivity index (χ2v) is 6.05. The Labute approximate surface area is 147 Å². The number of hydrogen-bond donors (Lipinski definition) is 1. The van der Waals surface area contributed by atoms with E-state index in [9.17, 15) is 4.79 Å². The minimum atomic E-state index is -0.584. The van der Waals surface area contributed by atoms with Crippen molar-refractivity contribution in [3.05, 3.63) is 69.3 Å². The lowest BCUT2D eigenvalue weighted by Gasteiger charge is -2.04. The number of primary amides is 1. The number of carbonyl (C=O) groups is 1. The molecule has 1 aromatic heterocycles. The van der Waals surface area contributed by atoms with Crippen LogP contribution >= 0.6 is 34.8 Å². The summed E-state index contributed by atoms with van der Waals surface area (Å²) in [5, 5.41) is 5.89. The van der Waals surface area contributed by atoms with E-state index in [-0.39, 0.29) is 5.69 Å². The van der Waals surface area contributed by atoms with E-state index in [0.29, 0.717) is 26.4 Å². The summed E-state index contributed by atoms with van der Waals surface area (Å²) in [5.74, 6) is -0.584. The molecule has 0 atom stereocenters. The van der Waals surface area contributed by atoms with Gasteiger partial charge in [-0.2, -0.15) is 5.10 Å². The third kappa shape index (κ3) is 3.20. The molecule has 0 radical (unpaired) electrons. The zero-order chi connectivity index (χ0) is 16.6. The lowest BCUT2D eigenvalue weighted by atomic mass is 10.1. The topological polar surface area (TPSA) is 60.9 Å². The number of benzene rings is 2. The highest BCUT2D eigenvalue weighted by Gasteiger charge is 2.16. The first kappa shape index (κ1) is 15.9. The van der Waals surface area contributed by atoms with Crippen LogP contribution in [0.1, 0.15) is 10.5 Å². The number of nitrogens with two attached hydrogens (primary N) is 1. The van der Waals surface area contributed by atoms with Crippen LogP contribution in [0.15, 0.2) is 48.5 Å². The Bertz CT molecular complexity index is 888. The quantitative estimate of drug-likeness (QED) is 0.736. The maximum atomic E-state index is 11.7. The van der Waals surface area contributed by atoms with E-state index < -0.39 is 5.91 Å². The molecule has 0 aliphatic heterocycles. The molecule has 0 aliphatic rings. The van der Waals surface area contributed by atoms with Crippen molar-refractivity contribution in [2.75, 3.05) is 0 Å². The molecule has 0 aliphatic carbocycles. The summed E-state index contributed by atoms with van der Waals surface area (Å²) in [5.41, 5.74) is 7.68. The van der Waals surface area contributed by atoms with Crippen molar-refractivity contribution in [1.82, 2.24) is 9.78 Å². The Kier molecular flexibility index (Phi) is 4.31. The molecule has 0 fully saturated rings. The molecule has 0 bridgehead atoms. The fraction of sp³-hybridized carbons (Fsp3) is 0. The summed E-state index contributed by atoms with van der Waals surface area (Å²) < 4.78 is 1.47. The Balaban J connectivity index is 2.13. The third-order valence-corrected chi connectivity index (χ3v) is 4.24. The third-order valence-electron chi connectivity index (χ3n) is 3.25. The SMILES string of the molecule is NC(=O)c1cc(-c2ccc(Cl)c(Cl)c2)nn1-c1ccc(Cl)cc1. The number of rotatable bonds is 3. The van der Waals surface area contributed by atoms with Crippen LogP contribution in [-0.2, 0) is 0 Å². The average molecular weight is 367 g/mol. The van der Waals surface area contributed by atoms with Gasteiger partial charge in [-0.05, 0) is 42.5 Å². The van der Waals surface area contributed by atoms with Gasteiger partial charge in [-0.15, -0.1) is 0 Å². The summed E-state index contributed by atoms with van der Waals surface area (Å²) in [4.78, 5) is 11.7. The highest BCUT2D eigenvalue weighted by molar-refractivity contribution is 6.42. The van der Waals surface area contributed by atoms with Crippen LogP contribution in [0.4, 0.5) is 0 Å². The van der Waals surface area contributed by atoms with E-state index in [1.807, 2.05) is 0 Å². The lowest BCUT2D eigenvalue weighted by molar-refractivity contribution is 0.0993. The van der Waals surface area contributed by atoms with E-state index in [1.165, 1.54) is 4.68 Å². The Morgan fingerprint density at radius 2 is 1.65 bits per heavy atom. The van der Waals surface area contributed by atoms with Gasteiger partial charge in [0.15, 0.2) is 0 Å². The number of carbonyl (C=O) groups excluding carboxylic acids is 1. The van der Waals surface area contributed by atoms with Gasteiger partial charge in [-0.3, -0.25) is 4.79 Å². The number of aromatic nitrogens is 2. The Morgan fingerprint density at radius 3 is 2.26 bits per heavy atom. The molecule has 0 saturated carbocycles. The van der Waals surface area contributed by atoms with Crippen LogP contribution in [0.2, 0.25) is 15.1 Å². The van der Waals surface area contributed by atoms with Crippen molar-refractivity contribution in [2.45, 2.75) is 0 Å². The molecule has 3 rings (SSSR count). The minimum Gasteiger partial charge on any atom is -0.364 e. The summed E-state index contributed by atoms with van der Waals surface area (Å²) in [7, 11) is 0. The molecular formula is C16H10Cl3N3O. The van der Waals surface area contributed by atoms with Gasteiger partial charge in [-0.1, -0.05) is 40.9 Å². The molecule has 0 spiro atoms. The predicted molar refractivity (Wildman–Crippen MR) is 92.5 cm³/mol. The second kappa shape index (κ2) is 6.24. The van der Waals surface area contributed by atoms with Crippen molar-refractivity contribution < 1.29 is 4.79 Å². The Hall–Kier alpha value is -2.01. The van der Waals surface area contributed by atoms with E-state index in [2.05, 4.69) is 5.10 Å². The number of hydrogen-bond acceptors (Lipinski definition) is 2. The van der Waals surface area contributed by atoms with Crippen LogP contribution in [0.25, 0.3) is 16.9 Å². The largest absolute Gasteiger partial charge is 0.364 e. The molecular weight excluding hydrogens is 357 g/mol. The summed E-state index contributed by atoms with van der Waals surface area (Å²) in [6.45, 7) is 0. The van der Waals surface area contributed by atoms with E-state index >= 15 is 0 Å². The molecule has 7 heteroatoms. The molecule has 2 aromatic carbocycles. The van der Waals surface area contributed by atoms with Crippen molar-refractivity contribution >= 4 is 40.7 Å². The molecule has 4 nitrogen and oxygen atoms in total. The molecule has 2 N–H and O–H groups in total. The minimum absolute atomic E-state index is 0.258.